The number of aliphatic hydroxyl groups is 3. The molecule has 0 radical (unpaired) electrons. The molecule has 0 rings (SSSR count). The van der Waals surface area contributed by atoms with Crippen molar-refractivity contribution < 1.29 is 20.1 Å². The molecule has 62 heavy (non-hydrogen) atoms. The van der Waals surface area contributed by atoms with Crippen molar-refractivity contribution in [1.29, 1.82) is 0 Å². The molecular weight excluding hydrogens is 763 g/mol. The van der Waals surface area contributed by atoms with Crippen LogP contribution >= 0.6 is 0 Å². The van der Waals surface area contributed by atoms with Gasteiger partial charge in [-0.25, -0.2) is 0 Å². The van der Waals surface area contributed by atoms with Gasteiger partial charge in [0.05, 0.1) is 31.3 Å². The zero-order valence-corrected chi connectivity index (χ0v) is 41.2. The van der Waals surface area contributed by atoms with E-state index in [0.29, 0.717) is 6.42 Å². The van der Waals surface area contributed by atoms with Crippen molar-refractivity contribution >= 4 is 5.91 Å². The molecule has 3 atom stereocenters. The predicted octanol–water partition coefficient (Wildman–Crippen LogP) is 16.6. The topological polar surface area (TPSA) is 89.8 Å². The van der Waals surface area contributed by atoms with Gasteiger partial charge in [0.1, 0.15) is 0 Å². The smallest absolute Gasteiger partial charge is 0.222 e. The summed E-state index contributed by atoms with van der Waals surface area (Å²) < 4.78 is 0. The Bertz CT molecular complexity index is 1050. The van der Waals surface area contributed by atoms with Gasteiger partial charge < -0.3 is 20.6 Å². The molecule has 0 aliphatic carbocycles. The first kappa shape index (κ1) is 60.1. The molecule has 0 aliphatic heterocycles. The molecule has 0 spiro atoms. The Morgan fingerprint density at radius 3 is 1.15 bits per heavy atom. The number of allylic oxidation sites excluding steroid dienone is 9. The average molecular weight is 868 g/mol. The number of carbonyl (C=O) groups excluding carboxylic acids is 1. The second-order valence-corrected chi connectivity index (χ2v) is 18.5. The first-order chi connectivity index (χ1) is 30.5. The number of unbranched alkanes of at least 4 members (excludes halogenated alkanes) is 32. The van der Waals surface area contributed by atoms with Crippen molar-refractivity contribution in [2.24, 2.45) is 0 Å². The second kappa shape index (κ2) is 51.7. The normalized spacial score (nSPS) is 13.8. The van der Waals surface area contributed by atoms with Crippen LogP contribution in [0.2, 0.25) is 0 Å². The summed E-state index contributed by atoms with van der Waals surface area (Å²) in [6.45, 7) is 4.18. The molecule has 0 aliphatic rings. The number of amides is 1. The highest BCUT2D eigenvalue weighted by molar-refractivity contribution is 5.76. The van der Waals surface area contributed by atoms with Crippen LogP contribution in [0.15, 0.2) is 60.8 Å². The average Bonchev–Trinajstić information content (AvgIpc) is 3.27. The van der Waals surface area contributed by atoms with Crippen LogP contribution in [-0.4, -0.2) is 46.1 Å². The maximum Gasteiger partial charge on any atom is 0.222 e. The van der Waals surface area contributed by atoms with Crippen LogP contribution in [0.3, 0.4) is 0 Å². The summed E-state index contributed by atoms with van der Waals surface area (Å²) >= 11 is 0. The van der Waals surface area contributed by atoms with E-state index in [-0.39, 0.29) is 18.9 Å². The summed E-state index contributed by atoms with van der Waals surface area (Å²) in [6.07, 6.45) is 69.8. The Kier molecular flexibility index (Phi) is 50.1. The van der Waals surface area contributed by atoms with E-state index in [9.17, 15) is 20.1 Å². The lowest BCUT2D eigenvalue weighted by atomic mass is 10.0. The fourth-order valence-corrected chi connectivity index (χ4v) is 8.11. The van der Waals surface area contributed by atoms with E-state index >= 15 is 0 Å². The molecule has 0 fully saturated rings. The lowest BCUT2D eigenvalue weighted by molar-refractivity contribution is -0.124. The maximum absolute atomic E-state index is 12.5. The van der Waals surface area contributed by atoms with E-state index < -0.39 is 18.2 Å². The van der Waals surface area contributed by atoms with Gasteiger partial charge in [-0.2, -0.15) is 0 Å². The largest absolute Gasteiger partial charge is 0.394 e. The maximum atomic E-state index is 12.5. The first-order valence-electron chi connectivity index (χ1n) is 27.1. The van der Waals surface area contributed by atoms with E-state index in [0.717, 1.165) is 44.9 Å². The van der Waals surface area contributed by atoms with Crippen LogP contribution < -0.4 is 5.32 Å². The third-order valence-electron chi connectivity index (χ3n) is 12.3. The van der Waals surface area contributed by atoms with Gasteiger partial charge >= 0.3 is 0 Å². The summed E-state index contributed by atoms with van der Waals surface area (Å²) in [4.78, 5) is 12.5. The van der Waals surface area contributed by atoms with Gasteiger partial charge in [-0.1, -0.05) is 248 Å². The van der Waals surface area contributed by atoms with Crippen LogP contribution in [0.4, 0.5) is 0 Å². The van der Waals surface area contributed by atoms with Crippen molar-refractivity contribution in [3.8, 4) is 0 Å². The Morgan fingerprint density at radius 2 is 0.742 bits per heavy atom. The van der Waals surface area contributed by atoms with Crippen molar-refractivity contribution in [1.82, 2.24) is 5.32 Å². The van der Waals surface area contributed by atoms with Gasteiger partial charge in [-0.15, -0.1) is 0 Å². The molecule has 4 N–H and O–H groups in total. The van der Waals surface area contributed by atoms with E-state index in [1.54, 1.807) is 6.08 Å². The van der Waals surface area contributed by atoms with Crippen LogP contribution in [0.5, 0.6) is 0 Å². The van der Waals surface area contributed by atoms with Gasteiger partial charge in [0.25, 0.3) is 0 Å². The highest BCUT2D eigenvalue weighted by Crippen LogP contribution is 2.16. The molecule has 5 heteroatoms. The zero-order valence-electron chi connectivity index (χ0n) is 41.2. The minimum Gasteiger partial charge on any atom is -0.394 e. The first-order valence-corrected chi connectivity index (χ1v) is 27.1. The molecule has 0 aromatic heterocycles. The molecule has 5 nitrogen and oxygen atoms in total. The fraction of sp³-hybridized carbons (Fsp3) is 0.807. The Balaban J connectivity index is 3.56. The Labute approximate surface area is 386 Å². The molecule has 362 valence electrons. The molecular formula is C57H105NO4. The molecule has 3 unspecified atom stereocenters. The third kappa shape index (κ3) is 47.5. The Morgan fingerprint density at radius 1 is 0.419 bits per heavy atom. The van der Waals surface area contributed by atoms with Gasteiger partial charge in [-0.05, 0) is 77.0 Å². The van der Waals surface area contributed by atoms with Crippen LogP contribution in [0.25, 0.3) is 0 Å². The van der Waals surface area contributed by atoms with Crippen molar-refractivity contribution in [2.75, 3.05) is 6.61 Å². The highest BCUT2D eigenvalue weighted by atomic mass is 16.3. The lowest BCUT2D eigenvalue weighted by Crippen LogP contribution is -2.45. The van der Waals surface area contributed by atoms with Crippen molar-refractivity contribution in [2.45, 2.75) is 289 Å². The second-order valence-electron chi connectivity index (χ2n) is 18.5. The van der Waals surface area contributed by atoms with Crippen molar-refractivity contribution in [3.63, 3.8) is 0 Å². The molecule has 0 aromatic carbocycles. The van der Waals surface area contributed by atoms with Gasteiger partial charge in [0.15, 0.2) is 0 Å². The van der Waals surface area contributed by atoms with Crippen LogP contribution in [-0.2, 0) is 4.79 Å². The molecule has 0 aromatic rings. The van der Waals surface area contributed by atoms with Crippen molar-refractivity contribution in [3.05, 3.63) is 60.8 Å². The fourth-order valence-electron chi connectivity index (χ4n) is 8.11. The number of aliphatic hydroxyl groups excluding tert-OH is 3. The molecule has 0 saturated heterocycles. The molecule has 0 heterocycles. The lowest BCUT2D eigenvalue weighted by Gasteiger charge is -2.21. The van der Waals surface area contributed by atoms with E-state index in [4.69, 9.17) is 0 Å². The SMILES string of the molecule is CCCCCC/C=C/CC/C=C/CC/C=C/C(O)C(CO)NC(=O)CC(O)CCCCCCCCCCCCCCCCC/C=C\C/C=C\CCCCCCCCCCCCC. The molecule has 0 bridgehead atoms. The number of nitrogens with one attached hydrogen (secondary N) is 1. The monoisotopic (exact) mass is 868 g/mol. The van der Waals surface area contributed by atoms with Crippen LogP contribution in [0.1, 0.15) is 271 Å². The standard InChI is InChI=1S/C57H105NO4/c1-3-5-7-9-11-13-15-17-19-20-21-22-23-24-25-26-27-28-29-30-31-32-33-34-35-36-37-38-40-42-44-46-48-50-54(60)52-57(62)58-55(53-59)56(61)51-49-47-45-43-41-39-18-16-14-12-10-8-6-4-2/h14,16,23-24,26-27,41,43,49,51,54-56,59-61H,3-13,15,17-22,25,28-40,42,44-48,50,52-53H2,1-2H3,(H,58,62)/b16-14+,24-23-,27-26-,43-41+,51-49+. The van der Waals surface area contributed by atoms with E-state index in [1.165, 1.54) is 199 Å². The van der Waals surface area contributed by atoms with Gasteiger partial charge in [0, 0.05) is 0 Å². The quantitative estimate of drug-likeness (QED) is 0.0362. The minimum atomic E-state index is -0.961. The molecule has 0 saturated carbocycles. The number of carbonyl (C=O) groups is 1. The van der Waals surface area contributed by atoms with Gasteiger partial charge in [-0.3, -0.25) is 4.79 Å². The minimum absolute atomic E-state index is 0.00117. The summed E-state index contributed by atoms with van der Waals surface area (Å²) in [5, 5.41) is 33.3. The van der Waals surface area contributed by atoms with Crippen LogP contribution in [0, 0.1) is 0 Å². The van der Waals surface area contributed by atoms with E-state index in [1.807, 2.05) is 6.08 Å². The number of hydrogen-bond donors (Lipinski definition) is 4. The highest BCUT2D eigenvalue weighted by Gasteiger charge is 2.20. The zero-order chi connectivity index (χ0) is 45.1. The molecule has 1 amide bonds. The summed E-state index contributed by atoms with van der Waals surface area (Å²) in [6, 6.07) is -0.769. The number of hydrogen-bond acceptors (Lipinski definition) is 4. The third-order valence-corrected chi connectivity index (χ3v) is 12.3. The predicted molar refractivity (Wildman–Crippen MR) is 273 cm³/mol. The number of rotatable bonds is 49. The summed E-state index contributed by atoms with van der Waals surface area (Å²) in [7, 11) is 0. The Hall–Kier alpha value is -1.95. The summed E-state index contributed by atoms with van der Waals surface area (Å²) in [5.41, 5.74) is 0. The van der Waals surface area contributed by atoms with E-state index in [2.05, 4.69) is 67.8 Å². The van der Waals surface area contributed by atoms with Gasteiger partial charge in [0.2, 0.25) is 5.91 Å². The summed E-state index contributed by atoms with van der Waals surface area (Å²) in [5.74, 6) is -0.330.